The Morgan fingerprint density at radius 1 is 1.67 bits per heavy atom. The molecule has 0 aromatic carbocycles. The van der Waals surface area contributed by atoms with Crippen LogP contribution in [0.15, 0.2) is 0 Å². The highest BCUT2D eigenvalue weighted by atomic mass is 16.2. The smallest absolute Gasteiger partial charge is 0.316 e. The van der Waals surface area contributed by atoms with E-state index in [0.29, 0.717) is 26.1 Å². The third-order valence-corrected chi connectivity index (χ3v) is 2.40. The van der Waals surface area contributed by atoms with Crippen molar-refractivity contribution in [1.29, 1.82) is 0 Å². The minimum Gasteiger partial charge on any atom is -0.340 e. The van der Waals surface area contributed by atoms with E-state index in [-0.39, 0.29) is 18.0 Å². The molecule has 1 aliphatic rings. The van der Waals surface area contributed by atoms with Crippen molar-refractivity contribution in [3.05, 3.63) is 0 Å². The van der Waals surface area contributed by atoms with E-state index in [2.05, 4.69) is 5.32 Å². The predicted octanol–water partition coefficient (Wildman–Crippen LogP) is -1.18. The molecule has 6 heteroatoms. The van der Waals surface area contributed by atoms with Gasteiger partial charge in [0.1, 0.15) is 0 Å². The largest absolute Gasteiger partial charge is 0.340 e. The third kappa shape index (κ3) is 3.09. The van der Waals surface area contributed by atoms with Crippen LogP contribution in [0.1, 0.15) is 6.42 Å². The number of carbonyl (C=O) groups is 2. The van der Waals surface area contributed by atoms with E-state index in [9.17, 15) is 9.59 Å². The molecule has 0 saturated carbocycles. The summed E-state index contributed by atoms with van der Waals surface area (Å²) in [6.45, 7) is 1.69. The monoisotopic (exact) mass is 214 g/mol. The Hall–Kier alpha value is -1.30. The van der Waals surface area contributed by atoms with Crippen molar-refractivity contribution in [1.82, 2.24) is 15.1 Å². The molecule has 1 atom stereocenters. The van der Waals surface area contributed by atoms with E-state index < -0.39 is 0 Å². The third-order valence-electron chi connectivity index (χ3n) is 2.40. The number of nitrogens with two attached hydrogens (primary N) is 1. The normalized spacial score (nSPS) is 20.6. The zero-order valence-electron chi connectivity index (χ0n) is 9.19. The predicted molar refractivity (Wildman–Crippen MR) is 56.3 cm³/mol. The van der Waals surface area contributed by atoms with E-state index in [0.717, 1.165) is 0 Å². The molecule has 0 aromatic rings. The van der Waals surface area contributed by atoms with Gasteiger partial charge in [-0.25, -0.2) is 4.79 Å². The van der Waals surface area contributed by atoms with E-state index in [4.69, 9.17) is 5.73 Å². The molecular weight excluding hydrogens is 196 g/mol. The van der Waals surface area contributed by atoms with Crippen LogP contribution in [0.2, 0.25) is 0 Å². The van der Waals surface area contributed by atoms with Crippen molar-refractivity contribution in [3.63, 3.8) is 0 Å². The number of urea groups is 1. The van der Waals surface area contributed by atoms with Crippen molar-refractivity contribution in [2.75, 3.05) is 33.7 Å². The molecule has 3 amide bonds. The molecule has 0 radical (unpaired) electrons. The highest BCUT2D eigenvalue weighted by Gasteiger charge is 2.27. The second kappa shape index (κ2) is 4.97. The summed E-state index contributed by atoms with van der Waals surface area (Å²) >= 11 is 0. The Morgan fingerprint density at radius 3 is 2.80 bits per heavy atom. The summed E-state index contributed by atoms with van der Waals surface area (Å²) in [5, 5.41) is 2.70. The average Bonchev–Trinajstić information content (AvgIpc) is 2.49. The first kappa shape index (κ1) is 11.8. The van der Waals surface area contributed by atoms with Gasteiger partial charge < -0.3 is 20.9 Å². The lowest BCUT2D eigenvalue weighted by Crippen LogP contribution is -2.41. The van der Waals surface area contributed by atoms with Gasteiger partial charge in [-0.1, -0.05) is 0 Å². The van der Waals surface area contributed by atoms with Gasteiger partial charge in [-0.05, 0) is 6.42 Å². The van der Waals surface area contributed by atoms with Crippen molar-refractivity contribution in [2.24, 2.45) is 5.73 Å². The van der Waals surface area contributed by atoms with Gasteiger partial charge >= 0.3 is 6.03 Å². The SMILES string of the molecule is CN(C)C(=O)NCCN1CCC(N)C1=O. The number of hydrogen-bond donors (Lipinski definition) is 2. The number of likely N-dealkylation sites (tertiary alicyclic amines) is 1. The molecule has 6 nitrogen and oxygen atoms in total. The average molecular weight is 214 g/mol. The van der Waals surface area contributed by atoms with Crippen LogP contribution in [0.25, 0.3) is 0 Å². The van der Waals surface area contributed by atoms with Crippen LogP contribution in [0.4, 0.5) is 4.79 Å². The zero-order valence-corrected chi connectivity index (χ0v) is 9.19. The van der Waals surface area contributed by atoms with E-state index in [1.807, 2.05) is 0 Å². The minimum absolute atomic E-state index is 0.0193. The van der Waals surface area contributed by atoms with E-state index in [1.165, 1.54) is 4.90 Å². The molecule has 0 bridgehead atoms. The summed E-state index contributed by atoms with van der Waals surface area (Å²) in [5.41, 5.74) is 5.56. The van der Waals surface area contributed by atoms with Crippen LogP contribution in [0, 0.1) is 0 Å². The second-order valence-corrected chi connectivity index (χ2v) is 3.85. The maximum absolute atomic E-state index is 11.4. The topological polar surface area (TPSA) is 78.7 Å². The number of hydrogen-bond acceptors (Lipinski definition) is 3. The first-order chi connectivity index (χ1) is 7.02. The summed E-state index contributed by atoms with van der Waals surface area (Å²) in [4.78, 5) is 25.7. The number of nitrogens with one attached hydrogen (secondary N) is 1. The molecule has 1 aliphatic heterocycles. The lowest BCUT2D eigenvalue weighted by atomic mass is 10.3. The van der Waals surface area contributed by atoms with Gasteiger partial charge in [0.15, 0.2) is 0 Å². The van der Waals surface area contributed by atoms with E-state index >= 15 is 0 Å². The molecule has 3 N–H and O–H groups in total. The standard InChI is InChI=1S/C9H18N4O2/c1-12(2)9(15)11-4-6-13-5-3-7(10)8(13)14/h7H,3-6,10H2,1-2H3,(H,11,15). The number of nitrogens with zero attached hydrogens (tertiary/aromatic N) is 2. The van der Waals surface area contributed by atoms with Gasteiger partial charge in [0.25, 0.3) is 0 Å². The van der Waals surface area contributed by atoms with Crippen molar-refractivity contribution in [2.45, 2.75) is 12.5 Å². The van der Waals surface area contributed by atoms with Crippen molar-refractivity contribution < 1.29 is 9.59 Å². The molecule has 86 valence electrons. The molecule has 15 heavy (non-hydrogen) atoms. The van der Waals surface area contributed by atoms with Gasteiger partial charge in [-0.2, -0.15) is 0 Å². The van der Waals surface area contributed by atoms with Crippen LogP contribution >= 0.6 is 0 Å². The maximum atomic E-state index is 11.4. The molecule has 1 saturated heterocycles. The molecular formula is C9H18N4O2. The van der Waals surface area contributed by atoms with Gasteiger partial charge in [0, 0.05) is 33.7 Å². The Bertz CT molecular complexity index is 254. The van der Waals surface area contributed by atoms with Crippen LogP contribution in [-0.2, 0) is 4.79 Å². The number of amides is 3. The second-order valence-electron chi connectivity index (χ2n) is 3.85. The summed E-state index contributed by atoms with van der Waals surface area (Å²) in [7, 11) is 3.35. The Balaban J connectivity index is 2.21. The molecule has 0 aliphatic carbocycles. The number of carbonyl (C=O) groups excluding carboxylic acids is 2. The van der Waals surface area contributed by atoms with Gasteiger partial charge in [0.2, 0.25) is 5.91 Å². The van der Waals surface area contributed by atoms with Gasteiger partial charge in [-0.3, -0.25) is 4.79 Å². The summed E-state index contributed by atoms with van der Waals surface area (Å²) in [5.74, 6) is -0.0193. The highest BCUT2D eigenvalue weighted by molar-refractivity contribution is 5.83. The molecule has 1 rings (SSSR count). The lowest BCUT2D eigenvalue weighted by Gasteiger charge is -2.17. The molecule has 0 spiro atoms. The fourth-order valence-corrected chi connectivity index (χ4v) is 1.44. The summed E-state index contributed by atoms with van der Waals surface area (Å²) < 4.78 is 0. The van der Waals surface area contributed by atoms with Gasteiger partial charge in [0.05, 0.1) is 6.04 Å². The first-order valence-electron chi connectivity index (χ1n) is 5.02. The molecule has 1 fully saturated rings. The Morgan fingerprint density at radius 2 is 2.33 bits per heavy atom. The molecule has 0 aromatic heterocycles. The Kier molecular flexibility index (Phi) is 3.90. The fourth-order valence-electron chi connectivity index (χ4n) is 1.44. The van der Waals surface area contributed by atoms with Crippen molar-refractivity contribution in [3.8, 4) is 0 Å². The summed E-state index contributed by atoms with van der Waals surface area (Å²) in [6, 6.07) is -0.500. The van der Waals surface area contributed by atoms with Crippen LogP contribution in [-0.4, -0.2) is 61.5 Å². The first-order valence-corrected chi connectivity index (χ1v) is 5.02. The fraction of sp³-hybridized carbons (Fsp3) is 0.778. The van der Waals surface area contributed by atoms with E-state index in [1.54, 1.807) is 19.0 Å². The summed E-state index contributed by atoms with van der Waals surface area (Å²) in [6.07, 6.45) is 0.709. The zero-order chi connectivity index (χ0) is 11.4. The highest BCUT2D eigenvalue weighted by Crippen LogP contribution is 2.07. The Labute approximate surface area is 89.4 Å². The lowest BCUT2D eigenvalue weighted by molar-refractivity contribution is -0.128. The van der Waals surface area contributed by atoms with Gasteiger partial charge in [-0.15, -0.1) is 0 Å². The van der Waals surface area contributed by atoms with Crippen LogP contribution < -0.4 is 11.1 Å². The minimum atomic E-state index is -0.352. The van der Waals surface area contributed by atoms with Crippen LogP contribution in [0.5, 0.6) is 0 Å². The molecule has 1 heterocycles. The maximum Gasteiger partial charge on any atom is 0.316 e. The quantitative estimate of drug-likeness (QED) is 0.620. The van der Waals surface area contributed by atoms with Crippen LogP contribution in [0.3, 0.4) is 0 Å². The molecule has 1 unspecified atom stereocenters. The van der Waals surface area contributed by atoms with Crippen molar-refractivity contribution >= 4 is 11.9 Å². The number of rotatable bonds is 3.